The Morgan fingerprint density at radius 1 is 1.38 bits per heavy atom. The summed E-state index contributed by atoms with van der Waals surface area (Å²) in [5.41, 5.74) is -0.769. The highest BCUT2D eigenvalue weighted by Crippen LogP contribution is 2.14. The number of halogens is 4. The summed E-state index contributed by atoms with van der Waals surface area (Å²) in [5, 5.41) is 2.81. The van der Waals surface area contributed by atoms with Crippen LogP contribution in [0.15, 0.2) is 12.1 Å². The average molecular weight is 296 g/mol. The highest BCUT2D eigenvalue weighted by molar-refractivity contribution is 9.09. The molecule has 1 rings (SSSR count). The molecule has 1 unspecified atom stereocenters. The van der Waals surface area contributed by atoms with E-state index in [9.17, 15) is 18.0 Å². The Morgan fingerprint density at radius 2 is 1.88 bits per heavy atom. The van der Waals surface area contributed by atoms with Crippen LogP contribution >= 0.6 is 15.9 Å². The second-order valence-corrected chi connectivity index (χ2v) is 3.92. The quantitative estimate of drug-likeness (QED) is 0.854. The van der Waals surface area contributed by atoms with E-state index in [4.69, 9.17) is 0 Å². The number of amides is 1. The third-order valence-electron chi connectivity index (χ3n) is 1.84. The van der Waals surface area contributed by atoms with Gasteiger partial charge in [0.1, 0.15) is 23.0 Å². The Balaban J connectivity index is 3.00. The number of rotatable bonds is 3. The number of nitrogens with one attached hydrogen (secondary N) is 1. The van der Waals surface area contributed by atoms with Gasteiger partial charge in [-0.1, -0.05) is 15.9 Å². The van der Waals surface area contributed by atoms with Crippen molar-refractivity contribution in [2.45, 2.75) is 13.0 Å². The van der Waals surface area contributed by atoms with Gasteiger partial charge in [0.05, 0.1) is 0 Å². The van der Waals surface area contributed by atoms with Gasteiger partial charge in [-0.25, -0.2) is 13.2 Å². The summed E-state index contributed by atoms with van der Waals surface area (Å²) in [7, 11) is 0. The SMILES string of the molecule is CC(CBr)NC(=O)c1c(F)cc(F)cc1F. The van der Waals surface area contributed by atoms with Crippen LogP contribution in [-0.4, -0.2) is 17.3 Å². The zero-order valence-electron chi connectivity index (χ0n) is 8.36. The molecule has 16 heavy (non-hydrogen) atoms. The molecule has 0 spiro atoms. The minimum absolute atomic E-state index is 0.281. The highest BCUT2D eigenvalue weighted by atomic mass is 79.9. The number of carbonyl (C=O) groups is 1. The molecule has 6 heteroatoms. The standard InChI is InChI=1S/C10H9BrF3NO/c1-5(4-11)15-10(16)9-7(13)2-6(12)3-8(9)14/h2-3,5H,4H2,1H3,(H,15,16). The summed E-state index contributed by atoms with van der Waals surface area (Å²) in [6.07, 6.45) is 0. The van der Waals surface area contributed by atoms with Crippen molar-refractivity contribution in [3.05, 3.63) is 35.1 Å². The molecule has 1 aromatic rings. The first-order valence-corrected chi connectivity index (χ1v) is 5.59. The monoisotopic (exact) mass is 295 g/mol. The van der Waals surface area contributed by atoms with Crippen molar-refractivity contribution >= 4 is 21.8 Å². The zero-order valence-corrected chi connectivity index (χ0v) is 9.95. The maximum absolute atomic E-state index is 13.2. The van der Waals surface area contributed by atoms with Crippen LogP contribution in [0.5, 0.6) is 0 Å². The number of alkyl halides is 1. The van der Waals surface area contributed by atoms with Gasteiger partial charge in [0.2, 0.25) is 0 Å². The second kappa shape index (κ2) is 5.34. The van der Waals surface area contributed by atoms with Gasteiger partial charge in [-0.3, -0.25) is 4.79 Å². The normalized spacial score (nSPS) is 12.3. The van der Waals surface area contributed by atoms with Crippen LogP contribution in [0, 0.1) is 17.5 Å². The summed E-state index contributed by atoms with van der Waals surface area (Å²) in [5.74, 6) is -4.38. The topological polar surface area (TPSA) is 29.1 Å². The Morgan fingerprint density at radius 3 is 2.31 bits per heavy atom. The lowest BCUT2D eigenvalue weighted by molar-refractivity contribution is 0.0935. The number of carbonyl (C=O) groups excluding carboxylic acids is 1. The Bertz CT molecular complexity index is 388. The van der Waals surface area contributed by atoms with Crippen molar-refractivity contribution < 1.29 is 18.0 Å². The molecule has 0 bridgehead atoms. The summed E-state index contributed by atoms with van der Waals surface area (Å²) >= 11 is 3.10. The molecular formula is C10H9BrF3NO. The van der Waals surface area contributed by atoms with Gasteiger partial charge < -0.3 is 5.32 Å². The molecule has 1 amide bonds. The van der Waals surface area contributed by atoms with Crippen LogP contribution in [0.1, 0.15) is 17.3 Å². The minimum atomic E-state index is -1.21. The Labute approximate surface area is 99.0 Å². The fourth-order valence-corrected chi connectivity index (χ4v) is 1.26. The summed E-state index contributed by atoms with van der Waals surface area (Å²) in [4.78, 5) is 11.4. The molecule has 0 saturated heterocycles. The summed E-state index contributed by atoms with van der Waals surface area (Å²) in [6.45, 7) is 1.66. The fraction of sp³-hybridized carbons (Fsp3) is 0.300. The number of benzene rings is 1. The largest absolute Gasteiger partial charge is 0.349 e. The molecule has 2 nitrogen and oxygen atoms in total. The van der Waals surface area contributed by atoms with Crippen molar-refractivity contribution in [3.63, 3.8) is 0 Å². The molecule has 0 radical (unpaired) electrons. The van der Waals surface area contributed by atoms with E-state index in [1.165, 1.54) is 0 Å². The smallest absolute Gasteiger partial charge is 0.257 e. The Kier molecular flexibility index (Phi) is 4.35. The van der Waals surface area contributed by atoms with Gasteiger partial charge in [-0.2, -0.15) is 0 Å². The second-order valence-electron chi connectivity index (χ2n) is 3.27. The molecule has 1 N–H and O–H groups in total. The molecule has 1 aromatic carbocycles. The molecule has 0 aliphatic carbocycles. The van der Waals surface area contributed by atoms with E-state index in [1.54, 1.807) is 6.92 Å². The van der Waals surface area contributed by atoms with E-state index in [0.29, 0.717) is 17.5 Å². The van der Waals surface area contributed by atoms with Gasteiger partial charge in [-0.05, 0) is 6.92 Å². The van der Waals surface area contributed by atoms with E-state index >= 15 is 0 Å². The first-order valence-electron chi connectivity index (χ1n) is 4.47. The van der Waals surface area contributed by atoms with Crippen molar-refractivity contribution in [1.29, 1.82) is 0 Å². The van der Waals surface area contributed by atoms with Gasteiger partial charge >= 0.3 is 0 Å². The van der Waals surface area contributed by atoms with Crippen molar-refractivity contribution in [2.75, 3.05) is 5.33 Å². The third-order valence-corrected chi connectivity index (χ3v) is 2.81. The predicted molar refractivity (Wildman–Crippen MR) is 57.0 cm³/mol. The van der Waals surface area contributed by atoms with Crippen LogP contribution in [0.4, 0.5) is 13.2 Å². The molecule has 0 aliphatic rings. The van der Waals surface area contributed by atoms with Crippen molar-refractivity contribution in [3.8, 4) is 0 Å². The highest BCUT2D eigenvalue weighted by Gasteiger charge is 2.19. The van der Waals surface area contributed by atoms with E-state index in [0.717, 1.165) is 0 Å². The maximum Gasteiger partial charge on any atom is 0.257 e. The first kappa shape index (κ1) is 13.0. The van der Waals surface area contributed by atoms with Gasteiger partial charge in [-0.15, -0.1) is 0 Å². The van der Waals surface area contributed by atoms with E-state index < -0.39 is 28.9 Å². The molecule has 0 fully saturated rings. The lowest BCUT2D eigenvalue weighted by atomic mass is 10.1. The van der Waals surface area contributed by atoms with Crippen LogP contribution in [0.3, 0.4) is 0 Å². The van der Waals surface area contributed by atoms with E-state index in [2.05, 4.69) is 21.2 Å². The van der Waals surface area contributed by atoms with E-state index in [1.807, 2.05) is 0 Å². The van der Waals surface area contributed by atoms with E-state index in [-0.39, 0.29) is 6.04 Å². The fourth-order valence-electron chi connectivity index (χ4n) is 1.09. The molecule has 0 aliphatic heterocycles. The first-order chi connectivity index (χ1) is 7.45. The van der Waals surface area contributed by atoms with Crippen molar-refractivity contribution in [1.82, 2.24) is 5.32 Å². The summed E-state index contributed by atoms with van der Waals surface area (Å²) < 4.78 is 38.9. The van der Waals surface area contributed by atoms with Crippen molar-refractivity contribution in [2.24, 2.45) is 0 Å². The predicted octanol–water partition coefficient (Wildman–Crippen LogP) is 2.62. The average Bonchev–Trinajstić information content (AvgIpc) is 2.15. The number of hydrogen-bond acceptors (Lipinski definition) is 1. The molecule has 88 valence electrons. The minimum Gasteiger partial charge on any atom is -0.349 e. The molecular weight excluding hydrogens is 287 g/mol. The molecule has 0 aromatic heterocycles. The summed E-state index contributed by atoms with van der Waals surface area (Å²) in [6, 6.07) is 0.657. The maximum atomic E-state index is 13.2. The van der Waals surface area contributed by atoms with Crippen LogP contribution in [0.25, 0.3) is 0 Å². The van der Waals surface area contributed by atoms with Crippen LogP contribution in [-0.2, 0) is 0 Å². The zero-order chi connectivity index (χ0) is 12.3. The Hall–Kier alpha value is -1.04. The molecule has 1 atom stereocenters. The van der Waals surface area contributed by atoms with Crippen LogP contribution < -0.4 is 5.32 Å². The molecule has 0 heterocycles. The lowest BCUT2D eigenvalue weighted by Gasteiger charge is -2.11. The van der Waals surface area contributed by atoms with Gasteiger partial charge in [0.15, 0.2) is 0 Å². The van der Waals surface area contributed by atoms with Crippen LogP contribution in [0.2, 0.25) is 0 Å². The lowest BCUT2D eigenvalue weighted by Crippen LogP contribution is -2.34. The molecule has 0 saturated carbocycles. The third kappa shape index (κ3) is 2.98. The van der Waals surface area contributed by atoms with Gasteiger partial charge in [0, 0.05) is 23.5 Å². The number of hydrogen-bond donors (Lipinski definition) is 1. The van der Waals surface area contributed by atoms with Gasteiger partial charge in [0.25, 0.3) is 5.91 Å².